The largest absolute Gasteiger partial charge is 0.461 e. The van der Waals surface area contributed by atoms with Crippen LogP contribution in [0.25, 0.3) is 0 Å². The van der Waals surface area contributed by atoms with Gasteiger partial charge in [-0.05, 0) is 42.7 Å². The zero-order valence-electron chi connectivity index (χ0n) is 20.6. The second-order valence-corrected chi connectivity index (χ2v) is 12.8. The van der Waals surface area contributed by atoms with E-state index in [-0.39, 0.29) is 30.5 Å². The highest BCUT2D eigenvalue weighted by atomic mass is 79.9. The maximum Gasteiger partial charge on any atom is 0.302 e. The van der Waals surface area contributed by atoms with E-state index in [1.54, 1.807) is 17.0 Å². The van der Waals surface area contributed by atoms with Gasteiger partial charge in [0.15, 0.2) is 5.72 Å². The summed E-state index contributed by atoms with van der Waals surface area (Å²) >= 11 is 3.32. The van der Waals surface area contributed by atoms with Gasteiger partial charge >= 0.3 is 5.97 Å². The van der Waals surface area contributed by atoms with Crippen LogP contribution in [0.4, 0.5) is 0 Å². The maximum atomic E-state index is 13.5. The molecule has 0 bridgehead atoms. The SMILES string of the molecule is CC(=O)OCC12CN(S(=O)(=O)c3ccc(Br)cc3)CC(=O)N1CC1(CCN(Cc3ccccc3)CC1)O2. The van der Waals surface area contributed by atoms with Crippen molar-refractivity contribution < 1.29 is 27.5 Å². The molecule has 9 nitrogen and oxygen atoms in total. The number of halogens is 1. The molecule has 2 aromatic carbocycles. The molecule has 3 fully saturated rings. The highest BCUT2D eigenvalue weighted by Gasteiger charge is 2.61. The number of carbonyl (C=O) groups excluding carboxylic acids is 2. The number of hydrogen-bond donors (Lipinski definition) is 0. The lowest BCUT2D eigenvalue weighted by Crippen LogP contribution is -2.65. The van der Waals surface area contributed by atoms with Crippen molar-refractivity contribution in [2.45, 2.75) is 42.5 Å². The third-order valence-corrected chi connectivity index (χ3v) is 9.68. The number of benzene rings is 2. The molecular formula is C26H30BrN3O6S. The van der Waals surface area contributed by atoms with Crippen molar-refractivity contribution in [2.75, 3.05) is 39.3 Å². The molecular weight excluding hydrogens is 562 g/mol. The number of rotatable bonds is 6. The normalized spacial score (nSPS) is 24.3. The monoisotopic (exact) mass is 591 g/mol. The molecule has 3 heterocycles. The van der Waals surface area contributed by atoms with Crippen molar-refractivity contribution in [3.05, 3.63) is 64.6 Å². The topological polar surface area (TPSA) is 96.5 Å². The summed E-state index contributed by atoms with van der Waals surface area (Å²) in [5, 5.41) is 0. The molecule has 11 heteroatoms. The predicted octanol–water partition coefficient (Wildman–Crippen LogP) is 2.61. The van der Waals surface area contributed by atoms with Gasteiger partial charge in [-0.1, -0.05) is 46.3 Å². The molecule has 3 saturated heterocycles. The molecule has 37 heavy (non-hydrogen) atoms. The van der Waals surface area contributed by atoms with Gasteiger partial charge in [-0.25, -0.2) is 8.42 Å². The summed E-state index contributed by atoms with van der Waals surface area (Å²) in [4.78, 5) is 29.2. The van der Waals surface area contributed by atoms with Crippen molar-refractivity contribution in [1.82, 2.24) is 14.1 Å². The average molecular weight is 593 g/mol. The molecule has 1 unspecified atom stereocenters. The van der Waals surface area contributed by atoms with Gasteiger partial charge < -0.3 is 14.4 Å². The Morgan fingerprint density at radius 1 is 1.05 bits per heavy atom. The number of piperidine rings is 1. The Morgan fingerprint density at radius 3 is 2.38 bits per heavy atom. The molecule has 0 aliphatic carbocycles. The van der Waals surface area contributed by atoms with Gasteiger partial charge in [0.2, 0.25) is 15.9 Å². The fraction of sp³-hybridized carbons (Fsp3) is 0.462. The van der Waals surface area contributed by atoms with Gasteiger partial charge in [0, 0.05) is 31.0 Å². The molecule has 5 rings (SSSR count). The third kappa shape index (κ3) is 5.33. The second kappa shape index (κ2) is 10.1. The number of ether oxygens (including phenoxy) is 2. The van der Waals surface area contributed by atoms with Gasteiger partial charge in [0.25, 0.3) is 0 Å². The van der Waals surface area contributed by atoms with Crippen LogP contribution in [-0.4, -0.2) is 85.1 Å². The first-order valence-electron chi connectivity index (χ1n) is 12.3. The molecule has 0 radical (unpaired) electrons. The van der Waals surface area contributed by atoms with E-state index in [2.05, 4.69) is 33.0 Å². The smallest absolute Gasteiger partial charge is 0.302 e. The van der Waals surface area contributed by atoms with Crippen LogP contribution in [0.3, 0.4) is 0 Å². The van der Waals surface area contributed by atoms with Crippen LogP contribution in [0.1, 0.15) is 25.3 Å². The zero-order valence-corrected chi connectivity index (χ0v) is 23.0. The van der Waals surface area contributed by atoms with Crippen LogP contribution in [0.5, 0.6) is 0 Å². The number of piperazine rings is 1. The molecule has 2 aromatic rings. The molecule has 198 valence electrons. The van der Waals surface area contributed by atoms with Crippen molar-refractivity contribution in [2.24, 2.45) is 0 Å². The lowest BCUT2D eigenvalue weighted by atomic mass is 9.91. The molecule has 3 aliphatic heterocycles. The molecule has 0 N–H and O–H groups in total. The van der Waals surface area contributed by atoms with Gasteiger partial charge in [-0.2, -0.15) is 4.31 Å². The van der Waals surface area contributed by atoms with Crippen LogP contribution >= 0.6 is 15.9 Å². The lowest BCUT2D eigenvalue weighted by molar-refractivity contribution is -0.203. The number of esters is 1. The van der Waals surface area contributed by atoms with Gasteiger partial charge in [-0.3, -0.25) is 14.5 Å². The molecule has 1 amide bonds. The summed E-state index contributed by atoms with van der Waals surface area (Å²) in [6.07, 6.45) is 1.37. The van der Waals surface area contributed by atoms with Crippen molar-refractivity contribution in [1.29, 1.82) is 0 Å². The van der Waals surface area contributed by atoms with E-state index in [4.69, 9.17) is 9.47 Å². The number of hydrogen-bond acceptors (Lipinski definition) is 7. The van der Waals surface area contributed by atoms with Crippen LogP contribution in [0, 0.1) is 0 Å². The summed E-state index contributed by atoms with van der Waals surface area (Å²) in [7, 11) is -3.98. The van der Waals surface area contributed by atoms with E-state index in [0.29, 0.717) is 19.4 Å². The first kappa shape index (κ1) is 26.3. The van der Waals surface area contributed by atoms with E-state index in [9.17, 15) is 18.0 Å². The van der Waals surface area contributed by atoms with E-state index in [0.717, 1.165) is 28.4 Å². The molecule has 0 saturated carbocycles. The Labute approximate surface area is 225 Å². The molecule has 1 atom stereocenters. The summed E-state index contributed by atoms with van der Waals surface area (Å²) < 4.78 is 40.8. The van der Waals surface area contributed by atoms with Crippen LogP contribution in [-0.2, 0) is 35.6 Å². The zero-order chi connectivity index (χ0) is 26.3. The number of sulfonamides is 1. The Kier molecular flexibility index (Phi) is 7.18. The number of nitrogens with zero attached hydrogens (tertiary/aromatic N) is 3. The van der Waals surface area contributed by atoms with E-state index in [1.807, 2.05) is 18.2 Å². The fourth-order valence-corrected chi connectivity index (χ4v) is 7.13. The van der Waals surface area contributed by atoms with Gasteiger partial charge in [-0.15, -0.1) is 0 Å². The Morgan fingerprint density at radius 2 is 1.73 bits per heavy atom. The van der Waals surface area contributed by atoms with Gasteiger partial charge in [0.05, 0.1) is 30.1 Å². The first-order chi connectivity index (χ1) is 17.6. The number of fused-ring (bicyclic) bond motifs is 1. The Hall–Kier alpha value is -2.31. The second-order valence-electron chi connectivity index (χ2n) is 9.98. The standard InChI is InChI=1S/C26H30BrN3O6S/c1-20(31)35-19-26-18-29(37(33,34)23-9-7-22(27)8-10-23)16-24(32)30(26)17-25(36-26)11-13-28(14-12-25)15-21-5-3-2-4-6-21/h2-10H,11-19H2,1H3. The fourth-order valence-electron chi connectivity index (χ4n) is 5.44. The number of carbonyl (C=O) groups is 2. The predicted molar refractivity (Wildman–Crippen MR) is 139 cm³/mol. The molecule has 3 aliphatic rings. The molecule has 1 spiro atoms. The lowest BCUT2D eigenvalue weighted by Gasteiger charge is -2.44. The number of likely N-dealkylation sites (tertiary alicyclic amines) is 1. The van der Waals surface area contributed by atoms with Crippen LogP contribution in [0.2, 0.25) is 0 Å². The maximum absolute atomic E-state index is 13.5. The summed E-state index contributed by atoms with van der Waals surface area (Å²) in [5.74, 6) is -0.875. The summed E-state index contributed by atoms with van der Waals surface area (Å²) in [6, 6.07) is 16.5. The Balaban J connectivity index is 1.37. The van der Waals surface area contributed by atoms with E-state index < -0.39 is 27.3 Å². The number of amides is 1. The van der Waals surface area contributed by atoms with Crippen molar-refractivity contribution in [3.8, 4) is 0 Å². The highest BCUT2D eigenvalue weighted by molar-refractivity contribution is 9.10. The minimum absolute atomic E-state index is 0.0847. The van der Waals surface area contributed by atoms with Crippen molar-refractivity contribution in [3.63, 3.8) is 0 Å². The van der Waals surface area contributed by atoms with Gasteiger partial charge in [0.1, 0.15) is 6.61 Å². The summed E-state index contributed by atoms with van der Waals surface area (Å²) in [6.45, 7) is 3.39. The first-order valence-corrected chi connectivity index (χ1v) is 14.5. The third-order valence-electron chi connectivity index (χ3n) is 7.35. The molecule has 0 aromatic heterocycles. The minimum atomic E-state index is -3.98. The van der Waals surface area contributed by atoms with Crippen LogP contribution < -0.4 is 0 Å². The van der Waals surface area contributed by atoms with E-state index >= 15 is 0 Å². The quantitative estimate of drug-likeness (QED) is 0.476. The van der Waals surface area contributed by atoms with Crippen molar-refractivity contribution >= 4 is 37.8 Å². The summed E-state index contributed by atoms with van der Waals surface area (Å²) in [5.41, 5.74) is -0.760. The minimum Gasteiger partial charge on any atom is -0.461 e. The van der Waals surface area contributed by atoms with Crippen LogP contribution in [0.15, 0.2) is 64.0 Å². The van der Waals surface area contributed by atoms with E-state index in [1.165, 1.54) is 24.6 Å². The Bertz CT molecular complexity index is 1260. The highest BCUT2D eigenvalue weighted by Crippen LogP contribution is 2.44. The average Bonchev–Trinajstić information content (AvgIpc) is 3.20.